The Balaban J connectivity index is 2.43. The third kappa shape index (κ3) is 3.64. The fourth-order valence-corrected chi connectivity index (χ4v) is 1.76. The Bertz CT molecular complexity index is 223. The van der Waals surface area contributed by atoms with Gasteiger partial charge in [0.05, 0.1) is 19.3 Å². The fraction of sp³-hybridized carbons (Fsp3) is 0.909. The minimum Gasteiger partial charge on any atom is -0.450 e. The van der Waals surface area contributed by atoms with Crippen LogP contribution in [0.25, 0.3) is 0 Å². The van der Waals surface area contributed by atoms with Gasteiger partial charge in [-0.3, -0.25) is 4.90 Å². The first kappa shape index (κ1) is 13.3. The van der Waals surface area contributed by atoms with Gasteiger partial charge in [-0.2, -0.15) is 0 Å². The molecular weight excluding hydrogens is 208 g/mol. The maximum atomic E-state index is 11.6. The predicted octanol–water partition coefficient (Wildman–Crippen LogP) is 0.795. The molecule has 0 aliphatic carbocycles. The lowest BCUT2D eigenvalue weighted by atomic mass is 10.2. The van der Waals surface area contributed by atoms with E-state index in [4.69, 9.17) is 9.47 Å². The van der Waals surface area contributed by atoms with Crippen molar-refractivity contribution in [3.8, 4) is 0 Å². The molecule has 5 nitrogen and oxygen atoms in total. The molecule has 0 N–H and O–H groups in total. The zero-order valence-corrected chi connectivity index (χ0v) is 10.4. The van der Waals surface area contributed by atoms with Gasteiger partial charge >= 0.3 is 6.09 Å². The summed E-state index contributed by atoms with van der Waals surface area (Å²) in [7, 11) is 2.06. The summed E-state index contributed by atoms with van der Waals surface area (Å²) in [5.41, 5.74) is 0. The molecule has 1 atom stereocenters. The molecule has 1 heterocycles. The van der Waals surface area contributed by atoms with Crippen LogP contribution in [0.2, 0.25) is 0 Å². The number of amides is 1. The van der Waals surface area contributed by atoms with Crippen molar-refractivity contribution in [1.82, 2.24) is 9.80 Å². The normalized spacial score (nSPS) is 22.2. The number of hydrogen-bond donors (Lipinski definition) is 0. The Morgan fingerprint density at radius 1 is 1.31 bits per heavy atom. The van der Waals surface area contributed by atoms with Crippen LogP contribution in [0.5, 0.6) is 0 Å². The first-order valence-electron chi connectivity index (χ1n) is 5.88. The van der Waals surface area contributed by atoms with Gasteiger partial charge in [-0.25, -0.2) is 4.79 Å². The Morgan fingerprint density at radius 2 is 2.06 bits per heavy atom. The Labute approximate surface area is 97.3 Å². The van der Waals surface area contributed by atoms with Crippen molar-refractivity contribution in [2.45, 2.75) is 19.9 Å². The number of piperazine rings is 1. The second-order valence-electron chi connectivity index (χ2n) is 3.94. The zero-order valence-electron chi connectivity index (χ0n) is 10.4. The van der Waals surface area contributed by atoms with Crippen molar-refractivity contribution in [2.24, 2.45) is 0 Å². The molecule has 1 rings (SSSR count). The molecule has 0 bridgehead atoms. The van der Waals surface area contributed by atoms with Crippen molar-refractivity contribution < 1.29 is 14.3 Å². The lowest BCUT2D eigenvalue weighted by Gasteiger charge is -2.38. The highest BCUT2D eigenvalue weighted by molar-refractivity contribution is 5.67. The number of likely N-dealkylation sites (N-methyl/N-ethyl adjacent to an activating group) is 1. The van der Waals surface area contributed by atoms with Crippen molar-refractivity contribution in [1.29, 1.82) is 0 Å². The van der Waals surface area contributed by atoms with Gasteiger partial charge in [0.25, 0.3) is 0 Å². The van der Waals surface area contributed by atoms with Crippen LogP contribution in [0.15, 0.2) is 0 Å². The average molecular weight is 230 g/mol. The molecule has 1 aliphatic rings. The van der Waals surface area contributed by atoms with E-state index >= 15 is 0 Å². The predicted molar refractivity (Wildman–Crippen MR) is 61.5 cm³/mol. The fourth-order valence-electron chi connectivity index (χ4n) is 1.76. The number of carbonyl (C=O) groups excluding carboxylic acids is 1. The van der Waals surface area contributed by atoms with Crippen LogP contribution < -0.4 is 0 Å². The molecule has 16 heavy (non-hydrogen) atoms. The minimum absolute atomic E-state index is 0.211. The summed E-state index contributed by atoms with van der Waals surface area (Å²) >= 11 is 0. The standard InChI is InChI=1S/C11H22N2O3/c1-4-15-9-10-8-13(7-6-12(10)3)11(14)16-5-2/h10H,4-9H2,1-3H3. The van der Waals surface area contributed by atoms with E-state index in [-0.39, 0.29) is 12.1 Å². The highest BCUT2D eigenvalue weighted by atomic mass is 16.6. The number of carbonyl (C=O) groups is 1. The monoisotopic (exact) mass is 230 g/mol. The van der Waals surface area contributed by atoms with E-state index < -0.39 is 0 Å². The van der Waals surface area contributed by atoms with Crippen molar-refractivity contribution >= 4 is 6.09 Å². The molecule has 0 aromatic heterocycles. The van der Waals surface area contributed by atoms with Gasteiger partial charge in [0, 0.05) is 26.2 Å². The van der Waals surface area contributed by atoms with Crippen LogP contribution in [-0.2, 0) is 9.47 Å². The van der Waals surface area contributed by atoms with Gasteiger partial charge in [0.1, 0.15) is 0 Å². The lowest BCUT2D eigenvalue weighted by Crippen LogP contribution is -2.55. The molecule has 94 valence electrons. The van der Waals surface area contributed by atoms with Crippen LogP contribution in [0.3, 0.4) is 0 Å². The topological polar surface area (TPSA) is 42.0 Å². The number of ether oxygens (including phenoxy) is 2. The summed E-state index contributed by atoms with van der Waals surface area (Å²) in [5.74, 6) is 0. The summed E-state index contributed by atoms with van der Waals surface area (Å²) in [6.45, 7) is 7.91. The first-order valence-corrected chi connectivity index (χ1v) is 5.88. The van der Waals surface area contributed by atoms with Crippen LogP contribution in [-0.4, -0.2) is 68.4 Å². The third-order valence-electron chi connectivity index (χ3n) is 2.82. The molecule has 0 radical (unpaired) electrons. The van der Waals surface area contributed by atoms with E-state index in [1.807, 2.05) is 13.8 Å². The van der Waals surface area contributed by atoms with Gasteiger partial charge < -0.3 is 14.4 Å². The molecule has 5 heteroatoms. The van der Waals surface area contributed by atoms with E-state index in [0.717, 1.165) is 13.1 Å². The highest BCUT2D eigenvalue weighted by Crippen LogP contribution is 2.09. The zero-order chi connectivity index (χ0) is 12.0. The first-order chi connectivity index (χ1) is 7.69. The molecule has 1 unspecified atom stereocenters. The second-order valence-corrected chi connectivity index (χ2v) is 3.94. The van der Waals surface area contributed by atoms with Crippen LogP contribution in [0.1, 0.15) is 13.8 Å². The van der Waals surface area contributed by atoms with E-state index in [9.17, 15) is 4.79 Å². The number of rotatable bonds is 4. The second kappa shape index (κ2) is 6.70. The highest BCUT2D eigenvalue weighted by Gasteiger charge is 2.27. The quantitative estimate of drug-likeness (QED) is 0.716. The van der Waals surface area contributed by atoms with Crippen LogP contribution in [0.4, 0.5) is 4.79 Å². The maximum Gasteiger partial charge on any atom is 0.409 e. The van der Waals surface area contributed by atoms with Gasteiger partial charge in [-0.15, -0.1) is 0 Å². The van der Waals surface area contributed by atoms with Gasteiger partial charge in [-0.05, 0) is 20.9 Å². The van der Waals surface area contributed by atoms with Gasteiger partial charge in [0.2, 0.25) is 0 Å². The molecule has 1 aliphatic heterocycles. The van der Waals surface area contributed by atoms with E-state index in [0.29, 0.717) is 26.4 Å². The Morgan fingerprint density at radius 3 is 2.69 bits per heavy atom. The van der Waals surface area contributed by atoms with E-state index in [1.165, 1.54) is 0 Å². The third-order valence-corrected chi connectivity index (χ3v) is 2.82. The molecule has 0 saturated carbocycles. The Hall–Kier alpha value is -0.810. The molecule has 0 spiro atoms. The summed E-state index contributed by atoms with van der Waals surface area (Å²) in [6, 6.07) is 0.276. The molecule has 1 fully saturated rings. The largest absolute Gasteiger partial charge is 0.450 e. The molecule has 1 amide bonds. The van der Waals surface area contributed by atoms with Crippen molar-refractivity contribution in [2.75, 3.05) is 46.5 Å². The smallest absolute Gasteiger partial charge is 0.409 e. The van der Waals surface area contributed by atoms with Crippen LogP contribution >= 0.6 is 0 Å². The lowest BCUT2D eigenvalue weighted by molar-refractivity contribution is 0.0216. The van der Waals surface area contributed by atoms with E-state index in [2.05, 4.69) is 11.9 Å². The molecule has 0 aromatic carbocycles. The van der Waals surface area contributed by atoms with E-state index in [1.54, 1.807) is 4.90 Å². The van der Waals surface area contributed by atoms with Crippen molar-refractivity contribution in [3.05, 3.63) is 0 Å². The summed E-state index contributed by atoms with van der Waals surface area (Å²) in [5, 5.41) is 0. The maximum absolute atomic E-state index is 11.6. The summed E-state index contributed by atoms with van der Waals surface area (Å²) < 4.78 is 10.4. The average Bonchev–Trinajstić information content (AvgIpc) is 2.28. The summed E-state index contributed by atoms with van der Waals surface area (Å²) in [6.07, 6.45) is -0.211. The molecule has 0 aromatic rings. The van der Waals surface area contributed by atoms with Gasteiger partial charge in [-0.1, -0.05) is 0 Å². The van der Waals surface area contributed by atoms with Crippen LogP contribution in [0, 0.1) is 0 Å². The molecular formula is C11H22N2O3. The van der Waals surface area contributed by atoms with Crippen molar-refractivity contribution in [3.63, 3.8) is 0 Å². The number of nitrogens with zero attached hydrogens (tertiary/aromatic N) is 2. The summed E-state index contributed by atoms with van der Waals surface area (Å²) in [4.78, 5) is 15.6. The molecule has 1 saturated heterocycles. The Kier molecular flexibility index (Phi) is 5.55. The van der Waals surface area contributed by atoms with Gasteiger partial charge in [0.15, 0.2) is 0 Å². The SMILES string of the molecule is CCOCC1CN(C(=O)OCC)CCN1C. The number of hydrogen-bond acceptors (Lipinski definition) is 4. The minimum atomic E-state index is -0.211.